The van der Waals surface area contributed by atoms with Crippen molar-refractivity contribution in [2.75, 3.05) is 5.88 Å². The van der Waals surface area contributed by atoms with E-state index in [1.807, 2.05) is 0 Å². The molecule has 0 bridgehead atoms. The molecule has 0 fully saturated rings. The maximum Gasteiger partial charge on any atom is 0.125 e. The second kappa shape index (κ2) is 4.32. The normalized spacial score (nSPS) is 12.0. The summed E-state index contributed by atoms with van der Waals surface area (Å²) in [6.45, 7) is 0. The fourth-order valence-electron chi connectivity index (χ4n) is 0.107. The summed E-state index contributed by atoms with van der Waals surface area (Å²) in [6.07, 6.45) is 1.07. The Morgan fingerprint density at radius 2 is 1.71 bits per heavy atom. The standard InChI is InChI=1S/C3H4ClI3/c4-2-1-3(5,6)7/h1-2H2. The van der Waals surface area contributed by atoms with Gasteiger partial charge in [-0.3, -0.25) is 0 Å². The van der Waals surface area contributed by atoms with Gasteiger partial charge in [-0.2, -0.15) is 0 Å². The zero-order valence-electron chi connectivity index (χ0n) is 3.43. The van der Waals surface area contributed by atoms with Gasteiger partial charge >= 0.3 is 0 Å². The number of hydrogen-bond acceptors (Lipinski definition) is 0. The molecule has 0 aromatic heterocycles. The van der Waals surface area contributed by atoms with Gasteiger partial charge in [0, 0.05) is 5.88 Å². The first-order valence-electron chi connectivity index (χ1n) is 1.69. The molecule has 7 heavy (non-hydrogen) atoms. The monoisotopic (exact) mass is 456 g/mol. The lowest BCUT2D eigenvalue weighted by atomic mass is 10.6. The second-order valence-corrected chi connectivity index (χ2v) is 13.1. The van der Waals surface area contributed by atoms with Gasteiger partial charge in [-0.05, 0) is 6.42 Å². The minimum atomic E-state index is 0.328. The van der Waals surface area contributed by atoms with E-state index >= 15 is 0 Å². The molecule has 0 saturated heterocycles. The highest BCUT2D eigenvalue weighted by molar-refractivity contribution is 14.3. The molecular formula is C3H4ClI3. The third kappa shape index (κ3) is 8.48. The highest BCUT2D eigenvalue weighted by Crippen LogP contribution is 2.38. The van der Waals surface area contributed by atoms with Crippen molar-refractivity contribution in [1.82, 2.24) is 0 Å². The first-order valence-corrected chi connectivity index (χ1v) is 5.46. The summed E-state index contributed by atoms with van der Waals surface area (Å²) in [6, 6.07) is 0. The fourth-order valence-corrected chi connectivity index (χ4v) is 2.16. The molecule has 0 atom stereocenters. The van der Waals surface area contributed by atoms with Crippen molar-refractivity contribution in [3.05, 3.63) is 0 Å². The van der Waals surface area contributed by atoms with Crippen LogP contribution in [-0.4, -0.2) is 5.32 Å². The maximum absolute atomic E-state index is 5.47. The Kier molecular flexibility index (Phi) is 5.85. The van der Waals surface area contributed by atoms with Crippen molar-refractivity contribution >= 4 is 79.4 Å². The van der Waals surface area contributed by atoms with Gasteiger partial charge in [-0.25, -0.2) is 0 Å². The van der Waals surface area contributed by atoms with E-state index in [0.717, 1.165) is 12.3 Å². The Hall–Kier alpha value is 2.48. The van der Waals surface area contributed by atoms with Gasteiger partial charge in [0.1, 0.15) is -0.565 Å². The summed E-state index contributed by atoms with van der Waals surface area (Å²) < 4.78 is 0.328. The van der Waals surface area contributed by atoms with Gasteiger partial charge in [0.15, 0.2) is 0 Å². The van der Waals surface area contributed by atoms with Gasteiger partial charge in [-0.1, -0.05) is 67.8 Å². The highest BCUT2D eigenvalue weighted by atomic mass is 127. The summed E-state index contributed by atoms with van der Waals surface area (Å²) >= 11 is 12.6. The summed E-state index contributed by atoms with van der Waals surface area (Å²) in [7, 11) is 0. The van der Waals surface area contributed by atoms with Crippen molar-refractivity contribution in [3.63, 3.8) is 0 Å². The van der Waals surface area contributed by atoms with Crippen LogP contribution in [0.4, 0.5) is 0 Å². The van der Waals surface area contributed by atoms with Crippen LogP contribution in [0.1, 0.15) is 6.42 Å². The molecule has 0 aromatic rings. The predicted molar refractivity (Wildman–Crippen MR) is 60.1 cm³/mol. The fraction of sp³-hybridized carbons (Fsp3) is 1.00. The molecule has 0 aliphatic carbocycles. The lowest BCUT2D eigenvalue weighted by molar-refractivity contribution is 1.10. The summed E-state index contributed by atoms with van der Waals surface area (Å²) in [5.41, 5.74) is 0. The average molecular weight is 456 g/mol. The minimum absolute atomic E-state index is 0.328. The molecule has 0 aliphatic rings. The summed E-state index contributed by atoms with van der Waals surface area (Å²) in [4.78, 5) is 0. The molecule has 0 nitrogen and oxygen atoms in total. The minimum Gasteiger partial charge on any atom is -0.127 e. The predicted octanol–water partition coefficient (Wildman–Crippen LogP) is 3.57. The Morgan fingerprint density at radius 3 is 1.71 bits per heavy atom. The van der Waals surface area contributed by atoms with Crippen LogP contribution >= 0.6 is 79.4 Å². The molecule has 0 spiro atoms. The van der Waals surface area contributed by atoms with E-state index in [4.69, 9.17) is 11.6 Å². The molecule has 44 valence electrons. The summed E-state index contributed by atoms with van der Waals surface area (Å²) in [5.74, 6) is 0.759. The van der Waals surface area contributed by atoms with E-state index in [2.05, 4.69) is 67.8 Å². The van der Waals surface area contributed by atoms with E-state index in [1.165, 1.54) is 0 Å². The Morgan fingerprint density at radius 1 is 1.29 bits per heavy atom. The highest BCUT2D eigenvalue weighted by Gasteiger charge is 2.14. The van der Waals surface area contributed by atoms with Crippen LogP contribution < -0.4 is 0 Å². The third-order valence-corrected chi connectivity index (χ3v) is 2.19. The molecule has 0 aromatic carbocycles. The van der Waals surface area contributed by atoms with Crippen LogP contribution in [0.5, 0.6) is 0 Å². The Labute approximate surface area is 89.6 Å². The molecular weight excluding hydrogens is 452 g/mol. The van der Waals surface area contributed by atoms with Crippen molar-refractivity contribution in [2.45, 2.75) is 5.86 Å². The van der Waals surface area contributed by atoms with Crippen molar-refractivity contribution in [3.8, 4) is 0 Å². The zero-order chi connectivity index (χ0) is 5.91. The van der Waals surface area contributed by atoms with Crippen LogP contribution in [0.25, 0.3) is 0 Å². The Balaban J connectivity index is 3.15. The van der Waals surface area contributed by atoms with E-state index in [9.17, 15) is 0 Å². The molecule has 0 saturated carbocycles. The third-order valence-electron chi connectivity index (χ3n) is 0.378. The molecule has 0 amide bonds. The van der Waals surface area contributed by atoms with Gasteiger partial charge in [0.2, 0.25) is 0 Å². The van der Waals surface area contributed by atoms with Crippen molar-refractivity contribution in [2.24, 2.45) is 0 Å². The average Bonchev–Trinajstić information content (AvgIpc) is 1.30. The molecule has 4 heteroatoms. The molecule has 0 unspecified atom stereocenters. The van der Waals surface area contributed by atoms with Crippen LogP contribution in [0.2, 0.25) is 0 Å². The van der Waals surface area contributed by atoms with E-state index in [1.54, 1.807) is 0 Å². The molecule has 0 radical (unpaired) electrons. The Bertz CT molecular complexity index is 48.6. The number of alkyl halides is 4. The molecule has 0 N–H and O–H groups in total. The zero-order valence-corrected chi connectivity index (χ0v) is 10.7. The van der Waals surface area contributed by atoms with Gasteiger partial charge in [0.05, 0.1) is 0 Å². The van der Waals surface area contributed by atoms with Crippen LogP contribution in [0.3, 0.4) is 0 Å². The lowest BCUT2D eigenvalue weighted by Gasteiger charge is -2.07. The smallest absolute Gasteiger partial charge is 0.125 e. The van der Waals surface area contributed by atoms with Gasteiger partial charge in [0.25, 0.3) is 0 Å². The quantitative estimate of drug-likeness (QED) is 0.441. The lowest BCUT2D eigenvalue weighted by Crippen LogP contribution is -1.97. The van der Waals surface area contributed by atoms with E-state index in [-0.39, 0.29) is 0 Å². The van der Waals surface area contributed by atoms with Gasteiger partial charge in [-0.15, -0.1) is 11.6 Å². The number of hydrogen-bond donors (Lipinski definition) is 0. The topological polar surface area (TPSA) is 0 Å². The molecule has 0 aliphatic heterocycles. The molecule has 0 heterocycles. The van der Waals surface area contributed by atoms with Crippen molar-refractivity contribution in [1.29, 1.82) is 0 Å². The SMILES string of the molecule is ClCCC(I)(I)I. The number of rotatable bonds is 2. The van der Waals surface area contributed by atoms with Crippen molar-refractivity contribution < 1.29 is 0 Å². The maximum atomic E-state index is 5.47. The van der Waals surface area contributed by atoms with E-state index in [0.29, 0.717) is -0.565 Å². The largest absolute Gasteiger partial charge is 0.127 e. The first-order chi connectivity index (χ1) is 3.06. The van der Waals surface area contributed by atoms with Crippen LogP contribution in [-0.2, 0) is 0 Å². The van der Waals surface area contributed by atoms with Crippen LogP contribution in [0, 0.1) is 0 Å². The number of halogens is 4. The van der Waals surface area contributed by atoms with Gasteiger partial charge < -0.3 is 0 Å². The summed E-state index contributed by atoms with van der Waals surface area (Å²) in [5, 5.41) is 0. The first kappa shape index (κ1) is 9.48. The second-order valence-electron chi connectivity index (χ2n) is 1.05. The molecule has 0 rings (SSSR count). The van der Waals surface area contributed by atoms with Crippen LogP contribution in [0.15, 0.2) is 0 Å². The van der Waals surface area contributed by atoms with E-state index < -0.39 is 0 Å².